The first-order valence-corrected chi connectivity index (χ1v) is 14.8. The summed E-state index contributed by atoms with van der Waals surface area (Å²) in [4.78, 5) is 32.7. The molecule has 1 aliphatic heterocycles. The molecule has 0 aliphatic carbocycles. The molecule has 2 heterocycles. The van der Waals surface area contributed by atoms with E-state index < -0.39 is 84.5 Å². The van der Waals surface area contributed by atoms with E-state index >= 15 is 0 Å². The average Bonchev–Trinajstić information content (AvgIpc) is 3.01. The number of aliphatic carboxylic acids is 1. The van der Waals surface area contributed by atoms with Crippen molar-refractivity contribution in [3.05, 3.63) is 82.5 Å². The number of carboxylic acids is 1. The van der Waals surface area contributed by atoms with Crippen LogP contribution in [0.25, 0.3) is 0 Å². The van der Waals surface area contributed by atoms with Crippen molar-refractivity contribution in [1.29, 1.82) is 0 Å². The van der Waals surface area contributed by atoms with Gasteiger partial charge in [0.15, 0.2) is 0 Å². The largest absolute Gasteiger partial charge is 0.481 e. The molecular formula is C32H31F9N4O4. The number of alkyl halides is 9. The van der Waals surface area contributed by atoms with Crippen LogP contribution in [0.1, 0.15) is 60.0 Å². The number of carbonyl (C=O) groups is 2. The molecule has 0 saturated heterocycles. The van der Waals surface area contributed by atoms with Crippen molar-refractivity contribution in [2.75, 3.05) is 35.4 Å². The number of benzene rings is 2. The number of aromatic nitrogens is 1. The van der Waals surface area contributed by atoms with Gasteiger partial charge < -0.3 is 19.6 Å². The molecule has 1 N–H and O–H groups in total. The average molecular weight is 707 g/mol. The highest BCUT2D eigenvalue weighted by atomic mass is 19.4. The van der Waals surface area contributed by atoms with Crippen molar-refractivity contribution in [2.45, 2.75) is 63.3 Å². The second kappa shape index (κ2) is 14.0. The van der Waals surface area contributed by atoms with Gasteiger partial charge in [0.25, 0.3) is 0 Å². The van der Waals surface area contributed by atoms with Crippen molar-refractivity contribution < 1.29 is 58.9 Å². The number of nitrogens with zero attached hydrogens (tertiary/aromatic N) is 4. The van der Waals surface area contributed by atoms with Crippen LogP contribution in [0.3, 0.4) is 0 Å². The van der Waals surface area contributed by atoms with Crippen molar-refractivity contribution in [1.82, 2.24) is 4.98 Å². The Bertz CT molecular complexity index is 1630. The molecule has 2 atom stereocenters. The molecule has 8 nitrogen and oxygen atoms in total. The third kappa shape index (κ3) is 8.67. The monoisotopic (exact) mass is 706 g/mol. The number of ether oxygens (including phenoxy) is 1. The summed E-state index contributed by atoms with van der Waals surface area (Å²) >= 11 is 0. The first-order chi connectivity index (χ1) is 22.7. The third-order valence-electron chi connectivity index (χ3n) is 7.96. The van der Waals surface area contributed by atoms with Crippen molar-refractivity contribution in [3.8, 4) is 0 Å². The molecule has 0 spiro atoms. The lowest BCUT2D eigenvalue weighted by Crippen LogP contribution is -2.48. The minimum absolute atomic E-state index is 0.0234. The molecule has 3 aromatic rings. The van der Waals surface area contributed by atoms with Crippen LogP contribution in [0, 0.1) is 0 Å². The topological polar surface area (TPSA) is 86.2 Å². The third-order valence-corrected chi connectivity index (χ3v) is 7.96. The molecule has 4 rings (SSSR count). The van der Waals surface area contributed by atoms with Crippen molar-refractivity contribution in [3.63, 3.8) is 0 Å². The van der Waals surface area contributed by atoms with E-state index in [1.54, 1.807) is 32.0 Å². The van der Waals surface area contributed by atoms with Gasteiger partial charge in [0, 0.05) is 26.7 Å². The number of fused-ring (bicyclic) bond motifs is 1. The number of rotatable bonds is 9. The molecule has 0 radical (unpaired) electrons. The van der Waals surface area contributed by atoms with E-state index in [2.05, 4.69) is 4.98 Å². The Hall–Kier alpha value is -4.70. The number of carboxylic acid groups (broad SMARTS) is 1. The zero-order chi connectivity index (χ0) is 36.5. The van der Waals surface area contributed by atoms with Gasteiger partial charge in [-0.3, -0.25) is 9.69 Å². The Labute approximate surface area is 274 Å². The molecular weight excluding hydrogens is 675 g/mol. The van der Waals surface area contributed by atoms with E-state index in [0.717, 1.165) is 23.1 Å². The summed E-state index contributed by atoms with van der Waals surface area (Å²) in [6, 6.07) is 4.61. The zero-order valence-electron chi connectivity index (χ0n) is 26.2. The first kappa shape index (κ1) is 37.1. The number of hydrogen-bond donors (Lipinski definition) is 1. The number of anilines is 3. The van der Waals surface area contributed by atoms with Crippen LogP contribution in [-0.4, -0.2) is 48.9 Å². The summed E-state index contributed by atoms with van der Waals surface area (Å²) in [5.41, 5.74) is -4.33. The molecule has 17 heteroatoms. The molecule has 49 heavy (non-hydrogen) atoms. The molecule has 1 aliphatic rings. The zero-order valence-corrected chi connectivity index (χ0v) is 26.2. The molecule has 1 amide bonds. The molecule has 2 aromatic carbocycles. The fourth-order valence-electron chi connectivity index (χ4n) is 5.56. The normalized spacial score (nSPS) is 16.6. The number of halogens is 9. The first-order valence-electron chi connectivity index (χ1n) is 14.8. The van der Waals surface area contributed by atoms with Gasteiger partial charge in [-0.15, -0.1) is 0 Å². The van der Waals surface area contributed by atoms with Gasteiger partial charge in [-0.1, -0.05) is 6.92 Å². The second-order valence-corrected chi connectivity index (χ2v) is 11.5. The number of amides is 1. The summed E-state index contributed by atoms with van der Waals surface area (Å²) in [6.07, 6.45) is -15.3. The molecule has 0 fully saturated rings. The Balaban J connectivity index is 1.93. The Kier molecular flexibility index (Phi) is 10.6. The summed E-state index contributed by atoms with van der Waals surface area (Å²) in [5.74, 6) is -1.24. The van der Waals surface area contributed by atoms with Gasteiger partial charge in [-0.05, 0) is 72.5 Å². The lowest BCUT2D eigenvalue weighted by Gasteiger charge is -2.44. The van der Waals surface area contributed by atoms with Gasteiger partial charge in [0.2, 0.25) is 0 Å². The van der Waals surface area contributed by atoms with Crippen molar-refractivity contribution >= 4 is 29.3 Å². The summed E-state index contributed by atoms with van der Waals surface area (Å²) in [6.45, 7) is 0.470. The Morgan fingerprint density at radius 2 is 1.51 bits per heavy atom. The van der Waals surface area contributed by atoms with Crippen LogP contribution >= 0.6 is 0 Å². The predicted octanol–water partition coefficient (Wildman–Crippen LogP) is 8.55. The summed E-state index contributed by atoms with van der Waals surface area (Å²) < 4.78 is 130. The van der Waals surface area contributed by atoms with E-state index in [1.807, 2.05) is 0 Å². The molecule has 266 valence electrons. The summed E-state index contributed by atoms with van der Waals surface area (Å²) in [7, 11) is 3.39. The van der Waals surface area contributed by atoms with E-state index in [9.17, 15) is 49.1 Å². The molecule has 0 saturated carbocycles. The van der Waals surface area contributed by atoms with E-state index in [1.165, 1.54) is 17.2 Å². The van der Waals surface area contributed by atoms with Crippen LogP contribution in [0.2, 0.25) is 0 Å². The minimum Gasteiger partial charge on any atom is -0.481 e. The standard InChI is InChI=1S/C32H31F9N4O4/c1-4-22-15-26(24-14-19(30(33,34)35)5-7-25(24)45(22)29(48)49-10-9-28(46)47)44(27-8-6-23(16-42-27)43(2)3)17-18-11-20(31(36,37)38)13-21(12-18)32(39,40)41/h5-8,11-14,16,22,26H,4,9-10,15,17H2,1-3H3,(H,46,47)/t22-,26+/m1/s1. The highest BCUT2D eigenvalue weighted by Gasteiger charge is 2.42. The van der Waals surface area contributed by atoms with Gasteiger partial charge in [0.1, 0.15) is 12.4 Å². The maximum Gasteiger partial charge on any atom is 0.416 e. The minimum atomic E-state index is -5.15. The Morgan fingerprint density at radius 1 is 0.898 bits per heavy atom. The van der Waals surface area contributed by atoms with Gasteiger partial charge in [0.05, 0.1) is 46.7 Å². The quantitative estimate of drug-likeness (QED) is 0.223. The fraction of sp³-hybridized carbons (Fsp3) is 0.406. The van der Waals surface area contributed by atoms with Crippen molar-refractivity contribution in [2.24, 2.45) is 0 Å². The number of pyridine rings is 1. The number of carbonyl (C=O) groups excluding carboxylic acids is 1. The Morgan fingerprint density at radius 3 is 2.00 bits per heavy atom. The maximum atomic E-state index is 14.0. The molecule has 0 unspecified atom stereocenters. The molecule has 1 aromatic heterocycles. The molecule has 0 bridgehead atoms. The fourth-order valence-corrected chi connectivity index (χ4v) is 5.56. The lowest BCUT2D eigenvalue weighted by molar-refractivity contribution is -0.143. The maximum absolute atomic E-state index is 14.0. The SMILES string of the molecule is CC[C@@H]1C[C@H](N(Cc2cc(C(F)(F)F)cc(C(F)(F)F)c2)c2ccc(N(C)C)cn2)c2cc(C(F)(F)F)ccc2N1C(=O)OCCC(=O)O. The lowest BCUT2D eigenvalue weighted by atomic mass is 9.87. The van der Waals surface area contributed by atoms with E-state index in [-0.39, 0.29) is 36.0 Å². The van der Waals surface area contributed by atoms with Gasteiger partial charge in [-0.25, -0.2) is 9.78 Å². The van der Waals surface area contributed by atoms with E-state index in [4.69, 9.17) is 9.84 Å². The van der Waals surface area contributed by atoms with Crippen LogP contribution < -0.4 is 14.7 Å². The number of hydrogen-bond acceptors (Lipinski definition) is 6. The van der Waals surface area contributed by atoms with Gasteiger partial charge in [-0.2, -0.15) is 39.5 Å². The second-order valence-electron chi connectivity index (χ2n) is 11.5. The highest BCUT2D eigenvalue weighted by Crippen LogP contribution is 2.46. The summed E-state index contributed by atoms with van der Waals surface area (Å²) in [5, 5.41) is 8.95. The van der Waals surface area contributed by atoms with E-state index in [0.29, 0.717) is 17.8 Å². The smallest absolute Gasteiger partial charge is 0.416 e. The highest BCUT2D eigenvalue weighted by molar-refractivity contribution is 5.90. The van der Waals surface area contributed by atoms with Gasteiger partial charge >= 0.3 is 30.6 Å². The van der Waals surface area contributed by atoms with Crippen LogP contribution in [0.4, 0.5) is 61.5 Å². The van der Waals surface area contributed by atoms with Crippen LogP contribution in [-0.2, 0) is 34.6 Å². The predicted molar refractivity (Wildman–Crippen MR) is 160 cm³/mol. The van der Waals surface area contributed by atoms with Crippen LogP contribution in [0.15, 0.2) is 54.7 Å². The van der Waals surface area contributed by atoms with Crippen LogP contribution in [0.5, 0.6) is 0 Å².